The summed E-state index contributed by atoms with van der Waals surface area (Å²) in [5.41, 5.74) is 0. The second-order valence-corrected chi connectivity index (χ2v) is 16.9. The molecule has 7 heteroatoms. The zero-order valence-corrected chi connectivity index (χ0v) is 21.5. The molecular formula is C17H20S5Se2. The number of thiophene rings is 2. The molecule has 0 radical (unpaired) electrons. The van der Waals surface area contributed by atoms with Crippen LogP contribution in [0.25, 0.3) is 9.75 Å². The van der Waals surface area contributed by atoms with E-state index in [2.05, 4.69) is 78.7 Å². The van der Waals surface area contributed by atoms with Crippen LogP contribution in [0.15, 0.2) is 9.79 Å². The molecule has 0 fully saturated rings. The molecule has 0 saturated carbocycles. The minimum absolute atomic E-state index is 0.686. The van der Waals surface area contributed by atoms with Crippen molar-refractivity contribution in [3.8, 4) is 9.75 Å². The van der Waals surface area contributed by atoms with Crippen LogP contribution in [0.5, 0.6) is 0 Å². The SMILES string of the molecule is Cc1sc(-c2sc(C)c3c2[Se]CC(C)[Se]3)c2c1SCCSCCS2. The third-order valence-electron chi connectivity index (χ3n) is 3.91. The van der Waals surface area contributed by atoms with Crippen LogP contribution in [0, 0.1) is 13.8 Å². The molecule has 0 spiro atoms. The molecule has 4 heterocycles. The molecule has 1 atom stereocenters. The quantitative estimate of drug-likeness (QED) is 0.470. The summed E-state index contributed by atoms with van der Waals surface area (Å²) in [6.07, 6.45) is 0. The molecule has 0 aromatic carbocycles. The number of aryl methyl sites for hydroxylation is 2. The number of fused-ring (bicyclic) bond motifs is 2. The van der Waals surface area contributed by atoms with Crippen molar-refractivity contribution >= 4 is 96.8 Å². The summed E-state index contributed by atoms with van der Waals surface area (Å²) in [5.74, 6) is 5.12. The first-order valence-corrected chi connectivity index (χ1v) is 16.7. The summed E-state index contributed by atoms with van der Waals surface area (Å²) in [6, 6.07) is 0. The van der Waals surface area contributed by atoms with E-state index in [1.807, 2.05) is 0 Å². The predicted molar refractivity (Wildman–Crippen MR) is 121 cm³/mol. The molecule has 2 aromatic heterocycles. The van der Waals surface area contributed by atoms with E-state index in [4.69, 9.17) is 0 Å². The van der Waals surface area contributed by atoms with Crippen LogP contribution in [-0.4, -0.2) is 52.9 Å². The van der Waals surface area contributed by atoms with Gasteiger partial charge in [-0.3, -0.25) is 0 Å². The monoisotopic (exact) mass is 544 g/mol. The topological polar surface area (TPSA) is 0 Å². The normalized spacial score (nSPS) is 21.5. The number of hydrogen-bond donors (Lipinski definition) is 0. The summed E-state index contributed by atoms with van der Waals surface area (Å²) in [7, 11) is 0. The summed E-state index contributed by atoms with van der Waals surface area (Å²) in [5, 5.41) is 1.45. The standard InChI is InChI=1S/C17H20S5Se2/c1-9-8-23-17-15(22-11(3)16(17)24-9)14-13-12(10(2)21-14)19-6-4-18-5-7-20-13/h9H,4-8H2,1-3H3. The van der Waals surface area contributed by atoms with Crippen LogP contribution in [-0.2, 0) is 0 Å². The van der Waals surface area contributed by atoms with Crippen molar-refractivity contribution in [1.82, 2.24) is 0 Å². The maximum atomic E-state index is 2.46. The zero-order chi connectivity index (χ0) is 16.7. The minimum atomic E-state index is 0.686. The Balaban J connectivity index is 1.80. The van der Waals surface area contributed by atoms with Gasteiger partial charge >= 0.3 is 180 Å². The van der Waals surface area contributed by atoms with E-state index in [-0.39, 0.29) is 0 Å². The van der Waals surface area contributed by atoms with Crippen LogP contribution >= 0.6 is 58.0 Å². The third-order valence-corrected chi connectivity index (χ3v) is 18.4. The van der Waals surface area contributed by atoms with Gasteiger partial charge in [-0.1, -0.05) is 0 Å². The van der Waals surface area contributed by atoms with E-state index in [1.54, 1.807) is 38.2 Å². The Morgan fingerprint density at radius 3 is 2.33 bits per heavy atom. The molecule has 24 heavy (non-hydrogen) atoms. The van der Waals surface area contributed by atoms with Crippen molar-refractivity contribution in [1.29, 1.82) is 0 Å². The Kier molecular flexibility index (Phi) is 6.47. The fourth-order valence-electron chi connectivity index (χ4n) is 2.83. The second-order valence-electron chi connectivity index (χ2n) is 5.84. The first-order chi connectivity index (χ1) is 11.6. The van der Waals surface area contributed by atoms with Crippen molar-refractivity contribution in [2.45, 2.75) is 40.7 Å². The average Bonchev–Trinajstić information content (AvgIpc) is 3.08. The van der Waals surface area contributed by atoms with Crippen molar-refractivity contribution in [3.05, 3.63) is 9.75 Å². The zero-order valence-electron chi connectivity index (χ0n) is 14.0. The molecule has 0 amide bonds. The van der Waals surface area contributed by atoms with Crippen LogP contribution in [0.2, 0.25) is 10.1 Å². The molecule has 0 bridgehead atoms. The van der Waals surface area contributed by atoms with Gasteiger partial charge in [0.05, 0.1) is 0 Å². The van der Waals surface area contributed by atoms with Gasteiger partial charge in [0, 0.05) is 0 Å². The van der Waals surface area contributed by atoms with Gasteiger partial charge in [0.2, 0.25) is 0 Å². The molecule has 0 N–H and O–H groups in total. The van der Waals surface area contributed by atoms with Crippen molar-refractivity contribution in [3.63, 3.8) is 0 Å². The van der Waals surface area contributed by atoms with Crippen LogP contribution in [0.1, 0.15) is 16.7 Å². The van der Waals surface area contributed by atoms with Gasteiger partial charge in [-0.15, -0.1) is 0 Å². The average molecular weight is 543 g/mol. The molecule has 1 unspecified atom stereocenters. The van der Waals surface area contributed by atoms with Crippen LogP contribution < -0.4 is 8.92 Å². The molecule has 0 saturated heterocycles. The van der Waals surface area contributed by atoms with Gasteiger partial charge in [-0.2, -0.15) is 0 Å². The molecular weight excluding hydrogens is 522 g/mol. The van der Waals surface area contributed by atoms with E-state index in [0.29, 0.717) is 29.9 Å². The van der Waals surface area contributed by atoms with Crippen molar-refractivity contribution < 1.29 is 0 Å². The van der Waals surface area contributed by atoms with E-state index in [9.17, 15) is 0 Å². The van der Waals surface area contributed by atoms with Crippen LogP contribution in [0.3, 0.4) is 0 Å². The molecule has 130 valence electrons. The number of thioether (sulfide) groups is 3. The Hall–Kier alpha value is 1.49. The van der Waals surface area contributed by atoms with E-state index in [1.165, 1.54) is 28.3 Å². The van der Waals surface area contributed by atoms with Gasteiger partial charge in [-0.05, 0) is 0 Å². The first kappa shape index (κ1) is 18.8. The molecule has 4 rings (SSSR count). The fraction of sp³-hybridized carbons (Fsp3) is 0.529. The van der Waals surface area contributed by atoms with E-state index >= 15 is 0 Å². The van der Waals surface area contributed by atoms with Gasteiger partial charge in [0.1, 0.15) is 0 Å². The number of rotatable bonds is 1. The fourth-order valence-corrected chi connectivity index (χ4v) is 17.1. The van der Waals surface area contributed by atoms with Gasteiger partial charge < -0.3 is 0 Å². The third kappa shape index (κ3) is 3.72. The predicted octanol–water partition coefficient (Wildman–Crippen LogP) is 4.92. The van der Waals surface area contributed by atoms with Crippen molar-refractivity contribution in [2.75, 3.05) is 23.0 Å². The van der Waals surface area contributed by atoms with E-state index in [0.717, 1.165) is 4.82 Å². The van der Waals surface area contributed by atoms with Crippen molar-refractivity contribution in [2.24, 2.45) is 0 Å². The van der Waals surface area contributed by atoms with E-state index < -0.39 is 0 Å². The Labute approximate surface area is 178 Å². The summed E-state index contributed by atoms with van der Waals surface area (Å²) < 4.78 is 3.56. The van der Waals surface area contributed by atoms with Gasteiger partial charge in [-0.25, -0.2) is 0 Å². The number of hydrogen-bond acceptors (Lipinski definition) is 5. The summed E-state index contributed by atoms with van der Waals surface area (Å²) >= 11 is 11.9. The molecule has 0 nitrogen and oxygen atoms in total. The second kappa shape index (κ2) is 8.24. The maximum absolute atomic E-state index is 2.46. The Morgan fingerprint density at radius 1 is 0.833 bits per heavy atom. The first-order valence-electron chi connectivity index (χ1n) is 8.05. The summed E-state index contributed by atoms with van der Waals surface area (Å²) in [6.45, 7) is 7.17. The Morgan fingerprint density at radius 2 is 1.54 bits per heavy atom. The molecule has 2 aliphatic heterocycles. The Bertz CT molecular complexity index is 749. The molecule has 2 aromatic rings. The molecule has 0 aliphatic carbocycles. The molecule has 2 aliphatic rings. The van der Waals surface area contributed by atoms with Gasteiger partial charge in [0.15, 0.2) is 0 Å². The van der Waals surface area contributed by atoms with Crippen LogP contribution in [0.4, 0.5) is 0 Å². The summed E-state index contributed by atoms with van der Waals surface area (Å²) in [4.78, 5) is 10.6. The van der Waals surface area contributed by atoms with Gasteiger partial charge in [0.25, 0.3) is 0 Å².